The predicted molar refractivity (Wildman–Crippen MR) is 90.9 cm³/mol. The standard InChI is InChI=1S/C21H30O2.Au/c1-13(22)17-6-7-18-16-5-4-14-12-15(23)8-10-20(14,2)19(16)9-11-21(17,18)3;/h12,16-19H,4-11H2,1-3H3;/t16-,17-,18?,19-,20+,21-;/m1./s1. The Labute approximate surface area is 161 Å². The molecule has 1 unspecified atom stereocenters. The van der Waals surface area contributed by atoms with E-state index in [1.54, 1.807) is 6.92 Å². The van der Waals surface area contributed by atoms with Gasteiger partial charge in [0.1, 0.15) is 5.78 Å². The van der Waals surface area contributed by atoms with Crippen LogP contribution in [0.15, 0.2) is 11.6 Å². The maximum absolute atomic E-state index is 12.1. The second kappa shape index (κ2) is 6.21. The van der Waals surface area contributed by atoms with Crippen molar-refractivity contribution in [3.05, 3.63) is 11.6 Å². The van der Waals surface area contributed by atoms with Gasteiger partial charge in [-0.2, -0.15) is 0 Å². The van der Waals surface area contributed by atoms with Crippen LogP contribution < -0.4 is 0 Å². The molecule has 6 atom stereocenters. The molecule has 1 radical (unpaired) electrons. The molecule has 3 heteroatoms. The Bertz CT molecular complexity index is 595. The van der Waals surface area contributed by atoms with Crippen molar-refractivity contribution in [3.63, 3.8) is 0 Å². The molecule has 0 aliphatic heterocycles. The second-order valence-corrected chi connectivity index (χ2v) is 9.25. The van der Waals surface area contributed by atoms with Gasteiger partial charge in [0.05, 0.1) is 0 Å². The molecule has 137 valence electrons. The summed E-state index contributed by atoms with van der Waals surface area (Å²) in [6.45, 7) is 6.65. The summed E-state index contributed by atoms with van der Waals surface area (Å²) >= 11 is 0. The molecule has 24 heavy (non-hydrogen) atoms. The molecule has 0 saturated heterocycles. The van der Waals surface area contributed by atoms with Gasteiger partial charge in [-0.05, 0) is 86.5 Å². The Balaban J connectivity index is 0.00000169. The predicted octanol–water partition coefficient (Wildman–Crippen LogP) is 4.72. The van der Waals surface area contributed by atoms with Gasteiger partial charge in [-0.15, -0.1) is 0 Å². The first-order valence-electron chi connectivity index (χ1n) is 9.60. The number of carbonyl (C=O) groups excluding carboxylic acids is 2. The summed E-state index contributed by atoms with van der Waals surface area (Å²) < 4.78 is 0. The Morgan fingerprint density at radius 1 is 1.04 bits per heavy atom. The zero-order valence-electron chi connectivity index (χ0n) is 15.2. The zero-order valence-corrected chi connectivity index (χ0v) is 17.3. The largest absolute Gasteiger partial charge is 0.300 e. The monoisotopic (exact) mass is 511 g/mol. The molecule has 0 spiro atoms. The molecule has 0 aromatic rings. The van der Waals surface area contributed by atoms with Crippen LogP contribution in [0.5, 0.6) is 0 Å². The summed E-state index contributed by atoms with van der Waals surface area (Å²) in [6, 6.07) is 0. The van der Waals surface area contributed by atoms with Crippen molar-refractivity contribution in [1.82, 2.24) is 0 Å². The van der Waals surface area contributed by atoms with E-state index >= 15 is 0 Å². The summed E-state index contributed by atoms with van der Waals surface area (Å²) in [7, 11) is 0. The number of allylic oxidation sites excluding steroid dienone is 1. The van der Waals surface area contributed by atoms with Crippen LogP contribution in [-0.2, 0) is 32.0 Å². The van der Waals surface area contributed by atoms with Crippen LogP contribution in [0, 0.1) is 34.5 Å². The quantitative estimate of drug-likeness (QED) is 0.478. The van der Waals surface area contributed by atoms with E-state index in [9.17, 15) is 9.59 Å². The van der Waals surface area contributed by atoms with E-state index in [4.69, 9.17) is 0 Å². The van der Waals surface area contributed by atoms with Crippen LogP contribution in [0.4, 0.5) is 0 Å². The average Bonchev–Trinajstić information content (AvgIpc) is 2.85. The van der Waals surface area contributed by atoms with Crippen LogP contribution in [0.2, 0.25) is 0 Å². The molecule has 4 aliphatic carbocycles. The average molecular weight is 511 g/mol. The van der Waals surface area contributed by atoms with Crippen LogP contribution in [-0.4, -0.2) is 11.6 Å². The maximum atomic E-state index is 12.1. The van der Waals surface area contributed by atoms with Gasteiger partial charge in [0.15, 0.2) is 5.78 Å². The molecule has 0 heterocycles. The fraction of sp³-hybridized carbons (Fsp3) is 0.810. The molecule has 4 aliphatic rings. The van der Waals surface area contributed by atoms with Crippen LogP contribution in [0.1, 0.15) is 72.1 Å². The van der Waals surface area contributed by atoms with E-state index in [2.05, 4.69) is 13.8 Å². The van der Waals surface area contributed by atoms with Crippen molar-refractivity contribution in [1.29, 1.82) is 0 Å². The minimum atomic E-state index is 0. The molecule has 4 rings (SSSR count). The number of hydrogen-bond acceptors (Lipinski definition) is 2. The molecule has 0 aromatic carbocycles. The van der Waals surface area contributed by atoms with E-state index in [0.717, 1.165) is 43.4 Å². The van der Waals surface area contributed by atoms with Crippen molar-refractivity contribution in [2.24, 2.45) is 34.5 Å². The molecule has 2 nitrogen and oxygen atoms in total. The first kappa shape index (κ1) is 18.6. The summed E-state index contributed by atoms with van der Waals surface area (Å²) in [5.41, 5.74) is 1.95. The molecule has 3 saturated carbocycles. The fourth-order valence-corrected chi connectivity index (χ4v) is 7.23. The third-order valence-electron chi connectivity index (χ3n) is 8.45. The Morgan fingerprint density at radius 3 is 2.50 bits per heavy atom. The second-order valence-electron chi connectivity index (χ2n) is 9.25. The smallest absolute Gasteiger partial charge is 0.155 e. The third kappa shape index (κ3) is 2.47. The number of fused-ring (bicyclic) bond motifs is 5. The normalized spacial score (nSPS) is 47.0. The molecule has 0 amide bonds. The molecular weight excluding hydrogens is 481 g/mol. The zero-order chi connectivity index (χ0) is 16.4. The minimum absolute atomic E-state index is 0. The Hall–Kier alpha value is -0.180. The molecule has 0 N–H and O–H groups in total. The van der Waals surface area contributed by atoms with E-state index < -0.39 is 0 Å². The fourth-order valence-electron chi connectivity index (χ4n) is 7.23. The van der Waals surface area contributed by atoms with Crippen LogP contribution in [0.3, 0.4) is 0 Å². The van der Waals surface area contributed by atoms with Gasteiger partial charge < -0.3 is 0 Å². The van der Waals surface area contributed by atoms with Crippen molar-refractivity contribution in [2.75, 3.05) is 0 Å². The number of Topliss-reactive ketones (excluding diaryl/α,β-unsaturated/α-hetero) is 1. The molecule has 3 fully saturated rings. The first-order valence-corrected chi connectivity index (χ1v) is 9.60. The first-order chi connectivity index (χ1) is 10.9. The summed E-state index contributed by atoms with van der Waals surface area (Å²) in [4.78, 5) is 24.0. The SMILES string of the molecule is CC(=O)[C@H]1CCC2[C@H]3CCC4=CC(=O)CC[C@]4(C)[C@@H]3CC[C@@]21C.[Au]. The van der Waals surface area contributed by atoms with Gasteiger partial charge >= 0.3 is 0 Å². The van der Waals surface area contributed by atoms with E-state index in [0.29, 0.717) is 17.5 Å². The number of hydrogen-bond donors (Lipinski definition) is 0. The summed E-state index contributed by atoms with van der Waals surface area (Å²) in [5.74, 6) is 3.29. The van der Waals surface area contributed by atoms with Gasteiger partial charge in [-0.1, -0.05) is 19.4 Å². The molecule has 0 aromatic heterocycles. The third-order valence-corrected chi connectivity index (χ3v) is 8.45. The van der Waals surface area contributed by atoms with Crippen molar-refractivity contribution in [2.45, 2.75) is 72.1 Å². The Kier molecular flexibility index (Phi) is 4.82. The van der Waals surface area contributed by atoms with Gasteiger partial charge in [-0.3, -0.25) is 9.59 Å². The Morgan fingerprint density at radius 2 is 1.79 bits per heavy atom. The van der Waals surface area contributed by atoms with E-state index in [1.807, 2.05) is 6.08 Å². The number of ketones is 2. The topological polar surface area (TPSA) is 34.1 Å². The minimum Gasteiger partial charge on any atom is -0.300 e. The van der Waals surface area contributed by atoms with Crippen LogP contribution >= 0.6 is 0 Å². The number of rotatable bonds is 1. The van der Waals surface area contributed by atoms with Gasteiger partial charge in [0, 0.05) is 34.7 Å². The summed E-state index contributed by atoms with van der Waals surface area (Å²) in [5, 5.41) is 0. The van der Waals surface area contributed by atoms with Crippen molar-refractivity contribution >= 4 is 11.6 Å². The van der Waals surface area contributed by atoms with Gasteiger partial charge in [-0.25, -0.2) is 0 Å². The van der Waals surface area contributed by atoms with Crippen LogP contribution in [0.25, 0.3) is 0 Å². The van der Waals surface area contributed by atoms with E-state index in [-0.39, 0.29) is 33.2 Å². The molecular formula is C21H30AuO2. The maximum Gasteiger partial charge on any atom is 0.155 e. The van der Waals surface area contributed by atoms with Crippen molar-refractivity contribution < 1.29 is 32.0 Å². The van der Waals surface area contributed by atoms with Gasteiger partial charge in [0.2, 0.25) is 0 Å². The molecule has 0 bridgehead atoms. The summed E-state index contributed by atoms with van der Waals surface area (Å²) in [6.07, 6.45) is 10.9. The number of carbonyl (C=O) groups is 2. The van der Waals surface area contributed by atoms with Crippen molar-refractivity contribution in [3.8, 4) is 0 Å². The van der Waals surface area contributed by atoms with E-state index in [1.165, 1.54) is 31.3 Å². The van der Waals surface area contributed by atoms with Gasteiger partial charge in [0.25, 0.3) is 0 Å².